The van der Waals surface area contributed by atoms with Gasteiger partial charge in [-0.05, 0) is 20.3 Å². The van der Waals surface area contributed by atoms with Gasteiger partial charge in [-0.2, -0.15) is 0 Å². The lowest BCUT2D eigenvalue weighted by atomic mass is 10.2. The lowest BCUT2D eigenvalue weighted by Gasteiger charge is -2.28. The largest absolute Gasteiger partial charge is 0.447 e. The van der Waals surface area contributed by atoms with Crippen LogP contribution in [0.3, 0.4) is 0 Å². The highest BCUT2D eigenvalue weighted by molar-refractivity contribution is 5.70. The number of hydrogen-bond donors (Lipinski definition) is 0. The van der Waals surface area contributed by atoms with Gasteiger partial charge in [-0.3, -0.25) is 4.90 Å². The molecule has 0 aromatic rings. The molecule has 5 heteroatoms. The summed E-state index contributed by atoms with van der Waals surface area (Å²) < 4.78 is 15.7. The molecule has 0 radical (unpaired) electrons. The Kier molecular flexibility index (Phi) is 4.84. The van der Waals surface area contributed by atoms with Crippen LogP contribution in [-0.4, -0.2) is 43.3 Å². The van der Waals surface area contributed by atoms with Crippen molar-refractivity contribution < 1.29 is 19.0 Å². The molecule has 0 bridgehead atoms. The van der Waals surface area contributed by atoms with Crippen LogP contribution in [0.15, 0.2) is 0 Å². The maximum absolute atomic E-state index is 11.5. The molecule has 1 aliphatic heterocycles. The fourth-order valence-corrected chi connectivity index (χ4v) is 1.54. The number of carbonyl (C=O) groups is 1. The SMILES string of the molecule is CCOC(OCC)N1C(=O)OC[C@@H]1CC. The molecule has 1 fully saturated rings. The van der Waals surface area contributed by atoms with Crippen molar-refractivity contribution in [1.82, 2.24) is 4.90 Å². The Balaban J connectivity index is 2.65. The first-order valence-electron chi connectivity index (χ1n) is 5.42. The quantitative estimate of drug-likeness (QED) is 0.634. The summed E-state index contributed by atoms with van der Waals surface area (Å²) in [6, 6.07) is 0.0561. The van der Waals surface area contributed by atoms with E-state index in [1.54, 1.807) is 0 Å². The highest BCUT2D eigenvalue weighted by Crippen LogP contribution is 2.19. The zero-order chi connectivity index (χ0) is 11.3. The third kappa shape index (κ3) is 2.82. The maximum Gasteiger partial charge on any atom is 0.414 e. The van der Waals surface area contributed by atoms with Crippen molar-refractivity contribution in [3.63, 3.8) is 0 Å². The predicted octanol–water partition coefficient (Wildman–Crippen LogP) is 1.57. The van der Waals surface area contributed by atoms with Gasteiger partial charge in [-0.1, -0.05) is 6.92 Å². The molecular formula is C10H19NO4. The summed E-state index contributed by atoms with van der Waals surface area (Å²) in [5.74, 6) is 0. The molecule has 0 spiro atoms. The topological polar surface area (TPSA) is 48.0 Å². The smallest absolute Gasteiger partial charge is 0.414 e. The van der Waals surface area contributed by atoms with Crippen LogP contribution in [-0.2, 0) is 14.2 Å². The van der Waals surface area contributed by atoms with E-state index in [4.69, 9.17) is 14.2 Å². The van der Waals surface area contributed by atoms with Crippen molar-refractivity contribution >= 4 is 6.09 Å². The Hall–Kier alpha value is -0.810. The minimum Gasteiger partial charge on any atom is -0.447 e. The van der Waals surface area contributed by atoms with Crippen LogP contribution < -0.4 is 0 Å². The van der Waals surface area contributed by atoms with E-state index >= 15 is 0 Å². The number of ether oxygens (including phenoxy) is 3. The van der Waals surface area contributed by atoms with Crippen molar-refractivity contribution in [2.75, 3.05) is 19.8 Å². The molecule has 1 saturated heterocycles. The van der Waals surface area contributed by atoms with Gasteiger partial charge in [0.05, 0.1) is 6.04 Å². The zero-order valence-corrected chi connectivity index (χ0v) is 9.56. The van der Waals surface area contributed by atoms with Gasteiger partial charge >= 0.3 is 6.09 Å². The number of cyclic esters (lactones) is 1. The molecular weight excluding hydrogens is 198 g/mol. The van der Waals surface area contributed by atoms with E-state index in [9.17, 15) is 4.79 Å². The predicted molar refractivity (Wildman–Crippen MR) is 54.3 cm³/mol. The van der Waals surface area contributed by atoms with Gasteiger partial charge in [0.1, 0.15) is 6.61 Å². The molecule has 0 N–H and O–H groups in total. The summed E-state index contributed by atoms with van der Waals surface area (Å²) in [4.78, 5) is 13.0. The monoisotopic (exact) mass is 217 g/mol. The Labute approximate surface area is 90.3 Å². The normalized spacial score (nSPS) is 21.2. The van der Waals surface area contributed by atoms with E-state index in [0.29, 0.717) is 19.8 Å². The van der Waals surface area contributed by atoms with E-state index in [0.717, 1.165) is 6.42 Å². The van der Waals surface area contributed by atoms with Crippen molar-refractivity contribution in [2.45, 2.75) is 39.6 Å². The molecule has 15 heavy (non-hydrogen) atoms. The molecule has 0 aliphatic carbocycles. The maximum atomic E-state index is 11.5. The summed E-state index contributed by atoms with van der Waals surface area (Å²) in [5, 5.41) is 0. The standard InChI is InChI=1S/C10H19NO4/c1-4-8-7-15-9(12)11(8)10(13-5-2)14-6-3/h8,10H,4-7H2,1-3H3/t8-/m0/s1. The molecule has 1 rings (SSSR count). The Morgan fingerprint density at radius 1 is 1.40 bits per heavy atom. The van der Waals surface area contributed by atoms with Gasteiger partial charge in [0.2, 0.25) is 6.41 Å². The second-order valence-electron chi connectivity index (χ2n) is 3.26. The molecule has 88 valence electrons. The van der Waals surface area contributed by atoms with E-state index in [1.165, 1.54) is 4.90 Å². The van der Waals surface area contributed by atoms with Crippen LogP contribution >= 0.6 is 0 Å². The first kappa shape index (κ1) is 12.3. The van der Waals surface area contributed by atoms with Crippen LogP contribution in [0.25, 0.3) is 0 Å². The lowest BCUT2D eigenvalue weighted by molar-refractivity contribution is -0.208. The molecule has 0 aromatic heterocycles. The third-order valence-electron chi connectivity index (χ3n) is 2.32. The molecule has 1 aliphatic rings. The van der Waals surface area contributed by atoms with Crippen LogP contribution in [0.1, 0.15) is 27.2 Å². The van der Waals surface area contributed by atoms with Crippen LogP contribution in [0.4, 0.5) is 4.79 Å². The highest BCUT2D eigenvalue weighted by atomic mass is 16.7. The number of amides is 1. The zero-order valence-electron chi connectivity index (χ0n) is 9.56. The summed E-state index contributed by atoms with van der Waals surface area (Å²) >= 11 is 0. The van der Waals surface area contributed by atoms with Crippen LogP contribution in [0.2, 0.25) is 0 Å². The van der Waals surface area contributed by atoms with Gasteiger partial charge in [0.25, 0.3) is 0 Å². The summed E-state index contributed by atoms with van der Waals surface area (Å²) in [6.07, 6.45) is -0.128. The highest BCUT2D eigenvalue weighted by Gasteiger charge is 2.38. The third-order valence-corrected chi connectivity index (χ3v) is 2.32. The molecule has 5 nitrogen and oxygen atoms in total. The van der Waals surface area contributed by atoms with Crippen LogP contribution in [0.5, 0.6) is 0 Å². The van der Waals surface area contributed by atoms with E-state index < -0.39 is 6.41 Å². The number of carbonyl (C=O) groups excluding carboxylic acids is 1. The average molecular weight is 217 g/mol. The van der Waals surface area contributed by atoms with E-state index in [1.807, 2.05) is 20.8 Å². The van der Waals surface area contributed by atoms with Gasteiger partial charge in [0.15, 0.2) is 0 Å². The Bertz CT molecular complexity index is 204. The second kappa shape index (κ2) is 5.92. The molecule has 0 unspecified atom stereocenters. The molecule has 1 heterocycles. The van der Waals surface area contributed by atoms with Gasteiger partial charge in [-0.25, -0.2) is 4.79 Å². The van der Waals surface area contributed by atoms with Crippen LogP contribution in [0, 0.1) is 0 Å². The molecule has 0 saturated carbocycles. The minimum absolute atomic E-state index is 0.0561. The first-order valence-corrected chi connectivity index (χ1v) is 5.42. The molecule has 1 amide bonds. The average Bonchev–Trinajstić information content (AvgIpc) is 2.59. The lowest BCUT2D eigenvalue weighted by Crippen LogP contribution is -2.45. The van der Waals surface area contributed by atoms with E-state index in [-0.39, 0.29) is 12.1 Å². The number of nitrogens with zero attached hydrogens (tertiary/aromatic N) is 1. The second-order valence-corrected chi connectivity index (χ2v) is 3.26. The van der Waals surface area contributed by atoms with Gasteiger partial charge in [-0.15, -0.1) is 0 Å². The van der Waals surface area contributed by atoms with Crippen molar-refractivity contribution in [3.05, 3.63) is 0 Å². The fraction of sp³-hybridized carbons (Fsp3) is 0.900. The number of rotatable bonds is 6. The van der Waals surface area contributed by atoms with Gasteiger partial charge < -0.3 is 14.2 Å². The summed E-state index contributed by atoms with van der Waals surface area (Å²) in [7, 11) is 0. The number of hydrogen-bond acceptors (Lipinski definition) is 4. The Morgan fingerprint density at radius 3 is 2.47 bits per heavy atom. The fourth-order valence-electron chi connectivity index (χ4n) is 1.54. The van der Waals surface area contributed by atoms with E-state index in [2.05, 4.69) is 0 Å². The van der Waals surface area contributed by atoms with Crippen molar-refractivity contribution in [1.29, 1.82) is 0 Å². The molecule has 0 aromatic carbocycles. The van der Waals surface area contributed by atoms with Crippen molar-refractivity contribution in [3.8, 4) is 0 Å². The van der Waals surface area contributed by atoms with Crippen molar-refractivity contribution in [2.24, 2.45) is 0 Å². The van der Waals surface area contributed by atoms with Gasteiger partial charge in [0, 0.05) is 13.2 Å². The Morgan fingerprint density at radius 2 is 2.00 bits per heavy atom. The summed E-state index contributed by atoms with van der Waals surface area (Å²) in [6.45, 7) is 7.18. The summed E-state index contributed by atoms with van der Waals surface area (Å²) in [5.41, 5.74) is 0. The minimum atomic E-state index is -0.611. The molecule has 1 atom stereocenters. The first-order chi connectivity index (χ1) is 7.24.